The minimum atomic E-state index is 0.409. The third kappa shape index (κ3) is 5.38. The summed E-state index contributed by atoms with van der Waals surface area (Å²) in [4.78, 5) is 0. The van der Waals surface area contributed by atoms with E-state index >= 15 is 0 Å². The SMILES string of the molecule is CC(NC1CCCC1)c1cccc(Cl)c1.c1ccc(-c2nn[nH]n2)cc1. The van der Waals surface area contributed by atoms with Gasteiger partial charge >= 0.3 is 0 Å². The van der Waals surface area contributed by atoms with Gasteiger partial charge in [0.05, 0.1) is 0 Å². The fraction of sp³-hybridized carbons (Fsp3) is 0.350. The Labute approximate surface area is 159 Å². The van der Waals surface area contributed by atoms with E-state index in [9.17, 15) is 0 Å². The highest BCUT2D eigenvalue weighted by molar-refractivity contribution is 6.30. The third-order valence-corrected chi connectivity index (χ3v) is 4.80. The average molecular weight is 370 g/mol. The minimum Gasteiger partial charge on any atom is -0.307 e. The summed E-state index contributed by atoms with van der Waals surface area (Å²) in [6, 6.07) is 18.9. The summed E-state index contributed by atoms with van der Waals surface area (Å²) in [6.07, 6.45) is 5.40. The minimum absolute atomic E-state index is 0.409. The Balaban J connectivity index is 0.000000158. The van der Waals surface area contributed by atoms with Crippen LogP contribution in [-0.2, 0) is 0 Å². The van der Waals surface area contributed by atoms with Crippen LogP contribution >= 0.6 is 11.6 Å². The van der Waals surface area contributed by atoms with Crippen molar-refractivity contribution < 1.29 is 0 Å². The lowest BCUT2D eigenvalue weighted by Gasteiger charge is -2.19. The number of nitrogens with zero attached hydrogens (tertiary/aromatic N) is 3. The van der Waals surface area contributed by atoms with Crippen molar-refractivity contribution in [3.8, 4) is 11.4 Å². The Kier molecular flexibility index (Phi) is 6.75. The molecule has 2 N–H and O–H groups in total. The number of H-pyrrole nitrogens is 1. The number of tetrazole rings is 1. The van der Waals surface area contributed by atoms with Crippen LogP contribution < -0.4 is 5.32 Å². The van der Waals surface area contributed by atoms with E-state index in [4.69, 9.17) is 11.6 Å². The molecule has 5 nitrogen and oxygen atoms in total. The molecule has 0 radical (unpaired) electrons. The van der Waals surface area contributed by atoms with E-state index in [2.05, 4.69) is 38.9 Å². The molecule has 0 bridgehead atoms. The fourth-order valence-electron chi connectivity index (χ4n) is 3.19. The van der Waals surface area contributed by atoms with Crippen molar-refractivity contribution in [1.29, 1.82) is 0 Å². The van der Waals surface area contributed by atoms with Crippen molar-refractivity contribution in [2.24, 2.45) is 0 Å². The van der Waals surface area contributed by atoms with Crippen LogP contribution in [0.3, 0.4) is 0 Å². The van der Waals surface area contributed by atoms with Crippen LogP contribution in [0.25, 0.3) is 11.4 Å². The van der Waals surface area contributed by atoms with Gasteiger partial charge in [-0.2, -0.15) is 5.21 Å². The van der Waals surface area contributed by atoms with Crippen LogP contribution in [0.5, 0.6) is 0 Å². The van der Waals surface area contributed by atoms with E-state index in [-0.39, 0.29) is 0 Å². The predicted octanol–water partition coefficient (Wildman–Crippen LogP) is 4.80. The number of nitrogens with one attached hydrogen (secondary N) is 2. The van der Waals surface area contributed by atoms with Crippen molar-refractivity contribution >= 4 is 11.6 Å². The van der Waals surface area contributed by atoms with Crippen molar-refractivity contribution in [2.75, 3.05) is 0 Å². The van der Waals surface area contributed by atoms with Crippen LogP contribution in [0.2, 0.25) is 5.02 Å². The maximum atomic E-state index is 5.98. The van der Waals surface area contributed by atoms with Gasteiger partial charge in [-0.15, -0.1) is 10.2 Å². The van der Waals surface area contributed by atoms with E-state index in [0.29, 0.717) is 17.9 Å². The van der Waals surface area contributed by atoms with Crippen molar-refractivity contribution in [3.63, 3.8) is 0 Å². The summed E-state index contributed by atoms with van der Waals surface area (Å²) >= 11 is 5.98. The summed E-state index contributed by atoms with van der Waals surface area (Å²) in [5.74, 6) is 0.630. The average Bonchev–Trinajstić information content (AvgIpc) is 3.37. The zero-order valence-electron chi connectivity index (χ0n) is 14.9. The smallest absolute Gasteiger partial charge is 0.204 e. The van der Waals surface area contributed by atoms with Gasteiger partial charge in [-0.05, 0) is 42.7 Å². The Morgan fingerprint density at radius 2 is 1.85 bits per heavy atom. The summed E-state index contributed by atoms with van der Waals surface area (Å²) in [6.45, 7) is 2.21. The van der Waals surface area contributed by atoms with Crippen LogP contribution in [0.4, 0.5) is 0 Å². The van der Waals surface area contributed by atoms with E-state index in [1.807, 2.05) is 48.5 Å². The quantitative estimate of drug-likeness (QED) is 0.693. The summed E-state index contributed by atoms with van der Waals surface area (Å²) in [5.41, 5.74) is 2.26. The van der Waals surface area contributed by atoms with Crippen LogP contribution in [0, 0.1) is 0 Å². The largest absolute Gasteiger partial charge is 0.307 e. The second-order valence-electron chi connectivity index (χ2n) is 6.53. The standard InChI is InChI=1S/C13H18ClN.C7H6N4/c1-10(15-13-7-2-3-8-13)11-5-4-6-12(14)9-11;1-2-4-6(5-3-1)7-8-10-11-9-7/h4-6,9-10,13,15H,2-3,7-8H2,1H3;1-5H,(H,8,9,10,11). The molecule has 3 aromatic rings. The van der Waals surface area contributed by atoms with Gasteiger partial charge in [0.25, 0.3) is 0 Å². The van der Waals surface area contributed by atoms with Gasteiger partial charge < -0.3 is 5.32 Å². The molecule has 1 atom stereocenters. The van der Waals surface area contributed by atoms with E-state index < -0.39 is 0 Å². The zero-order valence-corrected chi connectivity index (χ0v) is 15.7. The molecule has 1 aromatic heterocycles. The van der Waals surface area contributed by atoms with Crippen molar-refractivity contribution in [2.45, 2.75) is 44.7 Å². The molecule has 1 unspecified atom stereocenters. The number of hydrogen-bond acceptors (Lipinski definition) is 4. The van der Waals surface area contributed by atoms with Gasteiger partial charge in [-0.25, -0.2) is 0 Å². The molecule has 136 valence electrons. The maximum absolute atomic E-state index is 5.98. The topological polar surface area (TPSA) is 66.5 Å². The molecule has 26 heavy (non-hydrogen) atoms. The van der Waals surface area contributed by atoms with E-state index in [1.165, 1.54) is 31.2 Å². The third-order valence-electron chi connectivity index (χ3n) is 4.57. The van der Waals surface area contributed by atoms with E-state index in [1.54, 1.807) is 0 Å². The maximum Gasteiger partial charge on any atom is 0.204 e. The Morgan fingerprint density at radius 3 is 2.50 bits per heavy atom. The fourth-order valence-corrected chi connectivity index (χ4v) is 3.39. The molecule has 4 rings (SSSR count). The first-order chi connectivity index (χ1) is 12.7. The lowest BCUT2D eigenvalue weighted by Crippen LogP contribution is -2.28. The molecule has 1 saturated carbocycles. The first kappa shape index (κ1) is 18.5. The van der Waals surface area contributed by atoms with E-state index in [0.717, 1.165) is 10.6 Å². The Hall–Kier alpha value is -2.24. The van der Waals surface area contributed by atoms with Gasteiger partial charge in [0.1, 0.15) is 0 Å². The Bertz CT molecular complexity index is 770. The number of halogens is 1. The molecular formula is C20H24ClN5. The monoisotopic (exact) mass is 369 g/mol. The molecule has 0 aliphatic heterocycles. The predicted molar refractivity (Wildman–Crippen MR) is 105 cm³/mol. The molecule has 1 heterocycles. The zero-order chi connectivity index (χ0) is 18.2. The molecule has 0 spiro atoms. The van der Waals surface area contributed by atoms with Crippen molar-refractivity contribution in [1.82, 2.24) is 25.9 Å². The molecular weight excluding hydrogens is 346 g/mol. The highest BCUT2D eigenvalue weighted by Gasteiger charge is 2.17. The Morgan fingerprint density at radius 1 is 1.08 bits per heavy atom. The summed E-state index contributed by atoms with van der Waals surface area (Å²) < 4.78 is 0. The number of rotatable bonds is 4. The van der Waals surface area contributed by atoms with Gasteiger partial charge in [-0.3, -0.25) is 0 Å². The normalized spacial score (nSPS) is 15.3. The van der Waals surface area contributed by atoms with Gasteiger partial charge in [0, 0.05) is 22.7 Å². The molecule has 0 amide bonds. The molecule has 2 aromatic carbocycles. The lowest BCUT2D eigenvalue weighted by atomic mass is 10.1. The highest BCUT2D eigenvalue weighted by atomic mass is 35.5. The van der Waals surface area contributed by atoms with Crippen LogP contribution in [0.1, 0.15) is 44.2 Å². The van der Waals surface area contributed by atoms with Crippen LogP contribution in [-0.4, -0.2) is 26.7 Å². The van der Waals surface area contributed by atoms with Gasteiger partial charge in [-0.1, -0.05) is 66.9 Å². The number of hydrogen-bond donors (Lipinski definition) is 2. The molecule has 1 aliphatic rings. The second kappa shape index (κ2) is 9.46. The number of aromatic amines is 1. The summed E-state index contributed by atoms with van der Waals surface area (Å²) in [5, 5.41) is 18.0. The molecule has 1 fully saturated rings. The first-order valence-electron chi connectivity index (χ1n) is 9.03. The van der Waals surface area contributed by atoms with Gasteiger partial charge in [0.2, 0.25) is 5.82 Å². The second-order valence-corrected chi connectivity index (χ2v) is 6.96. The summed E-state index contributed by atoms with van der Waals surface area (Å²) in [7, 11) is 0. The molecule has 6 heteroatoms. The molecule has 0 saturated heterocycles. The lowest BCUT2D eigenvalue weighted by molar-refractivity contribution is 0.461. The first-order valence-corrected chi connectivity index (χ1v) is 9.40. The number of aromatic nitrogens is 4. The van der Waals surface area contributed by atoms with Crippen molar-refractivity contribution in [3.05, 3.63) is 65.2 Å². The highest BCUT2D eigenvalue weighted by Crippen LogP contribution is 2.23. The van der Waals surface area contributed by atoms with Gasteiger partial charge in [0.15, 0.2) is 0 Å². The van der Waals surface area contributed by atoms with Crippen LogP contribution in [0.15, 0.2) is 54.6 Å². The number of benzene rings is 2. The molecule has 1 aliphatic carbocycles.